The van der Waals surface area contributed by atoms with Crippen molar-refractivity contribution in [1.82, 2.24) is 0 Å². The summed E-state index contributed by atoms with van der Waals surface area (Å²) in [5.74, 6) is -0.648. The van der Waals surface area contributed by atoms with Crippen molar-refractivity contribution >= 4 is 12.1 Å². The zero-order valence-electron chi connectivity index (χ0n) is 11.4. The number of rotatable bonds is 7. The van der Waals surface area contributed by atoms with E-state index in [0.717, 1.165) is 0 Å². The molecule has 7 heteroatoms. The highest BCUT2D eigenvalue weighted by molar-refractivity contribution is 5.87. The number of carbonyl (C=O) groups is 2. The van der Waals surface area contributed by atoms with Crippen molar-refractivity contribution in [2.75, 3.05) is 6.61 Å². The Balaban J connectivity index is 4.95. The van der Waals surface area contributed by atoms with E-state index in [0.29, 0.717) is 0 Å². The summed E-state index contributed by atoms with van der Waals surface area (Å²) in [6, 6.07) is 0. The van der Waals surface area contributed by atoms with Crippen LogP contribution in [0.3, 0.4) is 0 Å². The molecule has 0 saturated heterocycles. The minimum atomic E-state index is -1.35. The minimum Gasteiger partial charge on any atom is -0.455 e. The molecular weight excluding hydrogens is 254 g/mol. The highest BCUT2D eigenvalue weighted by Crippen LogP contribution is 2.25. The molecule has 7 nitrogen and oxygen atoms in total. The smallest absolute Gasteiger partial charge is 0.405 e. The maximum absolute atomic E-state index is 11.4. The molecule has 3 atom stereocenters. The van der Waals surface area contributed by atoms with Gasteiger partial charge >= 0.3 is 12.1 Å². The van der Waals surface area contributed by atoms with Gasteiger partial charge < -0.3 is 25.4 Å². The average Bonchev–Trinajstić information content (AvgIpc) is 2.27. The van der Waals surface area contributed by atoms with E-state index < -0.39 is 36.5 Å². The summed E-state index contributed by atoms with van der Waals surface area (Å²) in [5.41, 5.74) is 3.80. The van der Waals surface area contributed by atoms with Crippen molar-refractivity contribution < 1.29 is 29.3 Å². The summed E-state index contributed by atoms with van der Waals surface area (Å²) in [6.45, 7) is 7.34. The predicted molar refractivity (Wildman–Crippen MR) is 67.2 cm³/mol. The SMILES string of the molecule is C=C(C)C(=O)OC(C)C(C)(CC(O)CO)OC(N)=O. The quantitative estimate of drug-likeness (QED) is 0.447. The van der Waals surface area contributed by atoms with Crippen LogP contribution in [-0.4, -0.2) is 46.7 Å². The largest absolute Gasteiger partial charge is 0.455 e. The van der Waals surface area contributed by atoms with Crippen LogP contribution in [0.4, 0.5) is 4.79 Å². The third-order valence-electron chi connectivity index (χ3n) is 2.68. The molecule has 0 aromatic heterocycles. The number of amides is 1. The third-order valence-corrected chi connectivity index (χ3v) is 2.68. The van der Waals surface area contributed by atoms with Crippen molar-refractivity contribution in [2.24, 2.45) is 5.73 Å². The summed E-state index contributed by atoms with van der Waals surface area (Å²) in [7, 11) is 0. The molecule has 19 heavy (non-hydrogen) atoms. The van der Waals surface area contributed by atoms with Crippen LogP contribution in [0, 0.1) is 0 Å². The van der Waals surface area contributed by atoms with Gasteiger partial charge in [0.25, 0.3) is 0 Å². The number of hydrogen-bond acceptors (Lipinski definition) is 6. The van der Waals surface area contributed by atoms with E-state index >= 15 is 0 Å². The summed E-state index contributed by atoms with van der Waals surface area (Å²) in [6.07, 6.45) is -3.19. The Bertz CT molecular complexity index is 356. The molecule has 0 heterocycles. The lowest BCUT2D eigenvalue weighted by Gasteiger charge is -2.35. The van der Waals surface area contributed by atoms with Gasteiger partial charge in [-0.05, 0) is 20.8 Å². The predicted octanol–water partition coefficient (Wildman–Crippen LogP) is 0.0915. The monoisotopic (exact) mass is 275 g/mol. The normalized spacial score (nSPS) is 16.9. The topological polar surface area (TPSA) is 119 Å². The summed E-state index contributed by atoms with van der Waals surface area (Å²) < 4.78 is 9.97. The average molecular weight is 275 g/mol. The van der Waals surface area contributed by atoms with E-state index in [1.54, 1.807) is 0 Å². The van der Waals surface area contributed by atoms with E-state index in [1.807, 2.05) is 0 Å². The fraction of sp³-hybridized carbons (Fsp3) is 0.667. The van der Waals surface area contributed by atoms with E-state index in [1.165, 1.54) is 20.8 Å². The molecule has 0 radical (unpaired) electrons. The first-order valence-electron chi connectivity index (χ1n) is 5.76. The van der Waals surface area contributed by atoms with Crippen LogP contribution in [0.25, 0.3) is 0 Å². The highest BCUT2D eigenvalue weighted by atomic mass is 16.6. The first-order valence-corrected chi connectivity index (χ1v) is 5.76. The molecule has 0 aliphatic carbocycles. The molecular formula is C12H21NO6. The lowest BCUT2D eigenvalue weighted by atomic mass is 9.92. The molecule has 1 amide bonds. The van der Waals surface area contributed by atoms with Gasteiger partial charge in [-0.1, -0.05) is 6.58 Å². The van der Waals surface area contributed by atoms with Crippen LogP contribution in [0.2, 0.25) is 0 Å². The molecule has 0 spiro atoms. The molecule has 0 aromatic carbocycles. The highest BCUT2D eigenvalue weighted by Gasteiger charge is 2.39. The molecule has 4 N–H and O–H groups in total. The van der Waals surface area contributed by atoms with E-state index in [-0.39, 0.29) is 12.0 Å². The van der Waals surface area contributed by atoms with Crippen LogP contribution < -0.4 is 5.73 Å². The number of nitrogens with two attached hydrogens (primary N) is 1. The summed E-state index contributed by atoms with van der Waals surface area (Å²) >= 11 is 0. The number of carbonyl (C=O) groups excluding carboxylic acids is 2. The van der Waals surface area contributed by atoms with Crippen LogP contribution in [0.5, 0.6) is 0 Å². The Kier molecular flexibility index (Phi) is 6.51. The van der Waals surface area contributed by atoms with Crippen molar-refractivity contribution in [1.29, 1.82) is 0 Å². The number of aliphatic hydroxyl groups is 2. The van der Waals surface area contributed by atoms with Crippen molar-refractivity contribution in [3.63, 3.8) is 0 Å². The Hall–Kier alpha value is -1.60. The van der Waals surface area contributed by atoms with E-state index in [9.17, 15) is 14.7 Å². The van der Waals surface area contributed by atoms with Gasteiger partial charge in [-0.3, -0.25) is 0 Å². The lowest BCUT2D eigenvalue weighted by Crippen LogP contribution is -2.48. The molecule has 0 rings (SSSR count). The van der Waals surface area contributed by atoms with E-state index in [4.69, 9.17) is 20.3 Å². The van der Waals surface area contributed by atoms with Crippen LogP contribution in [0.1, 0.15) is 27.2 Å². The van der Waals surface area contributed by atoms with Crippen molar-refractivity contribution in [3.8, 4) is 0 Å². The minimum absolute atomic E-state index is 0.128. The number of ether oxygens (including phenoxy) is 2. The summed E-state index contributed by atoms with van der Waals surface area (Å²) in [4.78, 5) is 22.3. The van der Waals surface area contributed by atoms with Gasteiger partial charge in [0.05, 0.1) is 12.7 Å². The molecule has 0 aromatic rings. The summed E-state index contributed by atoms with van der Waals surface area (Å²) in [5, 5.41) is 18.3. The second kappa shape index (κ2) is 7.10. The van der Waals surface area contributed by atoms with E-state index in [2.05, 4.69) is 6.58 Å². The standard InChI is InChI=1S/C12H21NO6/c1-7(2)10(16)18-8(3)12(4,19-11(13)17)5-9(15)6-14/h8-9,14-15H,1,5-6H2,2-4H3,(H2,13,17). The Morgan fingerprint density at radius 1 is 1.47 bits per heavy atom. The maximum atomic E-state index is 11.4. The van der Waals surface area contributed by atoms with Gasteiger partial charge in [0, 0.05) is 12.0 Å². The van der Waals surface area contributed by atoms with Gasteiger partial charge in [-0.15, -0.1) is 0 Å². The molecule has 3 unspecified atom stereocenters. The van der Waals surface area contributed by atoms with Gasteiger partial charge in [-0.2, -0.15) is 0 Å². The Morgan fingerprint density at radius 2 is 2.00 bits per heavy atom. The molecule has 0 aliphatic rings. The van der Waals surface area contributed by atoms with Crippen molar-refractivity contribution in [2.45, 2.75) is 45.0 Å². The van der Waals surface area contributed by atoms with Crippen LogP contribution in [0.15, 0.2) is 12.2 Å². The Labute approximate surface area is 112 Å². The lowest BCUT2D eigenvalue weighted by molar-refractivity contribution is -0.160. The van der Waals surface area contributed by atoms with Crippen LogP contribution in [-0.2, 0) is 14.3 Å². The van der Waals surface area contributed by atoms with Crippen LogP contribution >= 0.6 is 0 Å². The zero-order valence-corrected chi connectivity index (χ0v) is 11.4. The zero-order chi connectivity index (χ0) is 15.2. The molecule has 0 saturated carbocycles. The molecule has 0 aliphatic heterocycles. The number of esters is 1. The second-order valence-corrected chi connectivity index (χ2v) is 4.60. The number of primary amides is 1. The molecule has 110 valence electrons. The van der Waals surface area contributed by atoms with Gasteiger partial charge in [0.2, 0.25) is 0 Å². The fourth-order valence-electron chi connectivity index (χ4n) is 1.44. The fourth-order valence-corrected chi connectivity index (χ4v) is 1.44. The Morgan fingerprint density at radius 3 is 2.37 bits per heavy atom. The molecule has 0 bridgehead atoms. The van der Waals surface area contributed by atoms with Gasteiger partial charge in [-0.25, -0.2) is 9.59 Å². The second-order valence-electron chi connectivity index (χ2n) is 4.60. The van der Waals surface area contributed by atoms with Gasteiger partial charge in [0.1, 0.15) is 6.10 Å². The van der Waals surface area contributed by atoms with Gasteiger partial charge in [0.15, 0.2) is 5.60 Å². The third kappa shape index (κ3) is 5.71. The van der Waals surface area contributed by atoms with Crippen molar-refractivity contribution in [3.05, 3.63) is 12.2 Å². The first kappa shape index (κ1) is 17.4. The molecule has 0 fully saturated rings. The first-order chi connectivity index (χ1) is 8.62. The number of aliphatic hydroxyl groups excluding tert-OH is 2. The maximum Gasteiger partial charge on any atom is 0.405 e. The number of hydrogen-bond donors (Lipinski definition) is 3.